The van der Waals surface area contributed by atoms with Crippen LogP contribution in [0.15, 0.2) is 47.6 Å². The molecule has 0 radical (unpaired) electrons. The van der Waals surface area contributed by atoms with E-state index >= 15 is 0 Å². The van der Waals surface area contributed by atoms with Crippen molar-refractivity contribution in [2.24, 2.45) is 0 Å². The Kier molecular flexibility index (Phi) is 5.06. The smallest absolute Gasteiger partial charge is 0.0276 e. The standard InChI is InChI=1S/C14H20/c1-3-5-6-10-14-12-8-7-11-13(14)9-4-2/h3-6,9-10H,7-8,11-12H2,1-2H3/b5-3-,9-4+,10-6-. The van der Waals surface area contributed by atoms with E-state index in [1.165, 1.54) is 36.8 Å². The van der Waals surface area contributed by atoms with Crippen molar-refractivity contribution in [3.63, 3.8) is 0 Å². The van der Waals surface area contributed by atoms with E-state index in [0.717, 1.165) is 0 Å². The molecule has 1 aliphatic carbocycles. The second-order valence-corrected chi connectivity index (χ2v) is 3.64. The lowest BCUT2D eigenvalue weighted by Gasteiger charge is -2.15. The molecule has 0 spiro atoms. The third-order valence-corrected chi connectivity index (χ3v) is 2.52. The SMILES string of the molecule is C/C=C\C=C/C1=C(/C=C/C)CCCC1. The molecule has 0 amide bonds. The summed E-state index contributed by atoms with van der Waals surface area (Å²) >= 11 is 0. The van der Waals surface area contributed by atoms with Crippen molar-refractivity contribution in [1.82, 2.24) is 0 Å². The highest BCUT2D eigenvalue weighted by molar-refractivity contribution is 5.35. The molecule has 0 aromatic rings. The summed E-state index contributed by atoms with van der Waals surface area (Å²) in [5, 5.41) is 0. The molecule has 0 fully saturated rings. The van der Waals surface area contributed by atoms with E-state index in [1.54, 1.807) is 0 Å². The summed E-state index contributed by atoms with van der Waals surface area (Å²) in [6, 6.07) is 0. The van der Waals surface area contributed by atoms with E-state index in [-0.39, 0.29) is 0 Å². The van der Waals surface area contributed by atoms with Gasteiger partial charge in [0, 0.05) is 0 Å². The fourth-order valence-electron chi connectivity index (χ4n) is 1.82. The van der Waals surface area contributed by atoms with E-state index < -0.39 is 0 Å². The molecule has 0 saturated carbocycles. The van der Waals surface area contributed by atoms with Gasteiger partial charge in [-0.1, -0.05) is 36.5 Å². The highest BCUT2D eigenvalue weighted by Crippen LogP contribution is 2.26. The quantitative estimate of drug-likeness (QED) is 0.569. The van der Waals surface area contributed by atoms with E-state index in [2.05, 4.69) is 43.4 Å². The Hall–Kier alpha value is -1.04. The molecule has 0 aliphatic heterocycles. The predicted molar refractivity (Wildman–Crippen MR) is 64.3 cm³/mol. The molecule has 76 valence electrons. The summed E-state index contributed by atoms with van der Waals surface area (Å²) in [6.07, 6.45) is 18.1. The molecule has 0 bridgehead atoms. The average molecular weight is 188 g/mol. The zero-order chi connectivity index (χ0) is 10.2. The van der Waals surface area contributed by atoms with Crippen LogP contribution in [-0.2, 0) is 0 Å². The molecule has 1 aliphatic rings. The fourth-order valence-corrected chi connectivity index (χ4v) is 1.82. The number of rotatable bonds is 3. The topological polar surface area (TPSA) is 0 Å². The first-order chi connectivity index (χ1) is 6.88. The maximum atomic E-state index is 2.26. The summed E-state index contributed by atoms with van der Waals surface area (Å²) < 4.78 is 0. The van der Waals surface area contributed by atoms with E-state index in [1.807, 2.05) is 6.92 Å². The van der Waals surface area contributed by atoms with Gasteiger partial charge in [0.25, 0.3) is 0 Å². The minimum Gasteiger partial charge on any atom is -0.0877 e. The van der Waals surface area contributed by atoms with Crippen molar-refractivity contribution in [3.8, 4) is 0 Å². The monoisotopic (exact) mass is 188 g/mol. The molecule has 14 heavy (non-hydrogen) atoms. The third kappa shape index (κ3) is 3.37. The van der Waals surface area contributed by atoms with Gasteiger partial charge in [-0.2, -0.15) is 0 Å². The minimum atomic E-state index is 1.24. The van der Waals surface area contributed by atoms with Crippen LogP contribution < -0.4 is 0 Å². The molecule has 0 heterocycles. The highest BCUT2D eigenvalue weighted by atomic mass is 14.1. The second kappa shape index (κ2) is 6.42. The Morgan fingerprint density at radius 3 is 2.00 bits per heavy atom. The summed E-state index contributed by atoms with van der Waals surface area (Å²) in [7, 11) is 0. The molecule has 0 nitrogen and oxygen atoms in total. The molecule has 0 heteroatoms. The Morgan fingerprint density at radius 1 is 0.786 bits per heavy atom. The molecule has 0 aromatic carbocycles. The van der Waals surface area contributed by atoms with Gasteiger partial charge in [-0.3, -0.25) is 0 Å². The van der Waals surface area contributed by atoms with Gasteiger partial charge < -0.3 is 0 Å². The molecule has 0 unspecified atom stereocenters. The summed E-state index contributed by atoms with van der Waals surface area (Å²) in [4.78, 5) is 0. The zero-order valence-electron chi connectivity index (χ0n) is 9.29. The van der Waals surface area contributed by atoms with Gasteiger partial charge in [0.2, 0.25) is 0 Å². The van der Waals surface area contributed by atoms with E-state index in [0.29, 0.717) is 0 Å². The van der Waals surface area contributed by atoms with Gasteiger partial charge in [-0.05, 0) is 50.7 Å². The van der Waals surface area contributed by atoms with Gasteiger partial charge in [-0.25, -0.2) is 0 Å². The number of allylic oxidation sites excluding steroid dienone is 8. The largest absolute Gasteiger partial charge is 0.0877 e. The molecule has 0 atom stereocenters. The van der Waals surface area contributed by atoms with Crippen LogP contribution in [0.5, 0.6) is 0 Å². The van der Waals surface area contributed by atoms with E-state index in [4.69, 9.17) is 0 Å². The lowest BCUT2D eigenvalue weighted by Crippen LogP contribution is -1.95. The van der Waals surface area contributed by atoms with Crippen molar-refractivity contribution in [1.29, 1.82) is 0 Å². The lowest BCUT2D eigenvalue weighted by molar-refractivity contribution is 0.693. The van der Waals surface area contributed by atoms with Crippen LogP contribution in [0.25, 0.3) is 0 Å². The van der Waals surface area contributed by atoms with E-state index in [9.17, 15) is 0 Å². The van der Waals surface area contributed by atoms with Crippen LogP contribution in [0, 0.1) is 0 Å². The van der Waals surface area contributed by atoms with Crippen LogP contribution in [0.1, 0.15) is 39.5 Å². The molecular weight excluding hydrogens is 168 g/mol. The first-order valence-corrected chi connectivity index (χ1v) is 5.52. The van der Waals surface area contributed by atoms with Gasteiger partial charge in [0.1, 0.15) is 0 Å². The van der Waals surface area contributed by atoms with Crippen molar-refractivity contribution in [2.75, 3.05) is 0 Å². The second-order valence-electron chi connectivity index (χ2n) is 3.64. The number of hydrogen-bond acceptors (Lipinski definition) is 0. The highest BCUT2D eigenvalue weighted by Gasteiger charge is 2.07. The predicted octanol–water partition coefficient (Wildman–Crippen LogP) is 4.57. The first kappa shape index (κ1) is 11.0. The van der Waals surface area contributed by atoms with Crippen molar-refractivity contribution >= 4 is 0 Å². The molecular formula is C14H20. The normalized spacial score (nSPS) is 19.3. The van der Waals surface area contributed by atoms with Gasteiger partial charge in [0.05, 0.1) is 0 Å². The first-order valence-electron chi connectivity index (χ1n) is 5.52. The Morgan fingerprint density at radius 2 is 1.43 bits per heavy atom. The maximum absolute atomic E-state index is 2.26. The summed E-state index contributed by atoms with van der Waals surface area (Å²) in [5.74, 6) is 0. The average Bonchev–Trinajstić information content (AvgIpc) is 2.21. The molecule has 0 saturated heterocycles. The molecule has 1 rings (SSSR count). The number of hydrogen-bond donors (Lipinski definition) is 0. The van der Waals surface area contributed by atoms with Crippen molar-refractivity contribution < 1.29 is 0 Å². The molecule has 0 N–H and O–H groups in total. The third-order valence-electron chi connectivity index (χ3n) is 2.52. The minimum absolute atomic E-state index is 1.24. The van der Waals surface area contributed by atoms with Gasteiger partial charge in [-0.15, -0.1) is 0 Å². The lowest BCUT2D eigenvalue weighted by atomic mass is 9.91. The van der Waals surface area contributed by atoms with Crippen LogP contribution >= 0.6 is 0 Å². The zero-order valence-corrected chi connectivity index (χ0v) is 9.29. The fraction of sp³-hybridized carbons (Fsp3) is 0.429. The molecule has 0 aromatic heterocycles. The Bertz CT molecular complexity index is 274. The van der Waals surface area contributed by atoms with Crippen LogP contribution in [-0.4, -0.2) is 0 Å². The van der Waals surface area contributed by atoms with Crippen LogP contribution in [0.2, 0.25) is 0 Å². The van der Waals surface area contributed by atoms with Crippen LogP contribution in [0.3, 0.4) is 0 Å². The van der Waals surface area contributed by atoms with Gasteiger partial charge >= 0.3 is 0 Å². The summed E-state index contributed by atoms with van der Waals surface area (Å²) in [6.45, 7) is 4.14. The van der Waals surface area contributed by atoms with Crippen molar-refractivity contribution in [2.45, 2.75) is 39.5 Å². The van der Waals surface area contributed by atoms with Gasteiger partial charge in [0.15, 0.2) is 0 Å². The van der Waals surface area contributed by atoms with Crippen molar-refractivity contribution in [3.05, 3.63) is 47.6 Å². The Labute approximate surface area is 87.7 Å². The maximum Gasteiger partial charge on any atom is -0.0276 e. The summed E-state index contributed by atoms with van der Waals surface area (Å²) in [5.41, 5.74) is 3.05. The van der Waals surface area contributed by atoms with Crippen LogP contribution in [0.4, 0.5) is 0 Å². The Balaban J connectivity index is 2.77.